The summed E-state index contributed by atoms with van der Waals surface area (Å²) >= 11 is 5.88. The highest BCUT2D eigenvalue weighted by atomic mass is 35.5. The number of rotatable bonds is 2. The number of nitrogens with one attached hydrogen (secondary N) is 1. The third-order valence-corrected chi connectivity index (χ3v) is 2.67. The Morgan fingerprint density at radius 3 is 2.64 bits per heavy atom. The molecule has 1 aliphatic rings. The molecule has 0 amide bonds. The standard InChI is InChI=1S/C8H10ClN3O2/c9-5-6(8(13)14)10-11-7(5)12-3-1-2-4-12/h1-4H2,(H,10,11)(H,13,14). The van der Waals surface area contributed by atoms with Gasteiger partial charge in [0.1, 0.15) is 5.02 Å². The Morgan fingerprint density at radius 1 is 1.50 bits per heavy atom. The Morgan fingerprint density at radius 2 is 2.14 bits per heavy atom. The zero-order chi connectivity index (χ0) is 10.1. The first-order valence-electron chi connectivity index (χ1n) is 4.42. The SMILES string of the molecule is O=C(O)c1[nH]nc(N2CCCC2)c1Cl. The molecule has 0 spiro atoms. The number of carboxylic acid groups (broad SMARTS) is 1. The van der Waals surface area contributed by atoms with E-state index in [1.807, 2.05) is 4.90 Å². The molecular weight excluding hydrogens is 206 g/mol. The summed E-state index contributed by atoms with van der Waals surface area (Å²) in [4.78, 5) is 12.7. The molecule has 5 nitrogen and oxygen atoms in total. The molecular formula is C8H10ClN3O2. The molecule has 0 unspecified atom stereocenters. The number of hydrogen-bond acceptors (Lipinski definition) is 3. The van der Waals surface area contributed by atoms with Gasteiger partial charge in [-0.25, -0.2) is 4.79 Å². The van der Waals surface area contributed by atoms with E-state index in [-0.39, 0.29) is 10.7 Å². The van der Waals surface area contributed by atoms with Crippen LogP contribution >= 0.6 is 11.6 Å². The highest BCUT2D eigenvalue weighted by Gasteiger charge is 2.22. The molecule has 2 N–H and O–H groups in total. The van der Waals surface area contributed by atoms with Gasteiger partial charge in [0, 0.05) is 13.1 Å². The lowest BCUT2D eigenvalue weighted by Gasteiger charge is -2.13. The van der Waals surface area contributed by atoms with Crippen LogP contribution in [0.2, 0.25) is 5.02 Å². The van der Waals surface area contributed by atoms with E-state index in [1.54, 1.807) is 0 Å². The van der Waals surface area contributed by atoms with Gasteiger partial charge in [0.25, 0.3) is 0 Å². The first-order chi connectivity index (χ1) is 6.70. The van der Waals surface area contributed by atoms with Crippen LogP contribution in [-0.2, 0) is 0 Å². The smallest absolute Gasteiger partial charge is 0.355 e. The Labute approximate surface area is 85.7 Å². The van der Waals surface area contributed by atoms with E-state index in [0.717, 1.165) is 25.9 Å². The molecule has 0 aromatic carbocycles. The lowest BCUT2D eigenvalue weighted by atomic mass is 10.4. The predicted molar refractivity (Wildman–Crippen MR) is 52.0 cm³/mol. The number of hydrogen-bond donors (Lipinski definition) is 2. The maximum atomic E-state index is 10.7. The van der Waals surface area contributed by atoms with Crippen molar-refractivity contribution in [1.82, 2.24) is 10.2 Å². The summed E-state index contributed by atoms with van der Waals surface area (Å²) in [5.74, 6) is -0.519. The van der Waals surface area contributed by atoms with Gasteiger partial charge in [0.2, 0.25) is 0 Å². The summed E-state index contributed by atoms with van der Waals surface area (Å²) < 4.78 is 0. The molecule has 0 radical (unpaired) electrons. The maximum Gasteiger partial charge on any atom is 0.355 e. The van der Waals surface area contributed by atoms with Crippen molar-refractivity contribution in [2.75, 3.05) is 18.0 Å². The van der Waals surface area contributed by atoms with Crippen LogP contribution in [0.25, 0.3) is 0 Å². The number of halogens is 1. The number of nitrogens with zero attached hydrogens (tertiary/aromatic N) is 2. The fourth-order valence-electron chi connectivity index (χ4n) is 1.60. The van der Waals surface area contributed by atoms with E-state index in [0.29, 0.717) is 5.82 Å². The van der Waals surface area contributed by atoms with Gasteiger partial charge in [0.15, 0.2) is 11.5 Å². The summed E-state index contributed by atoms with van der Waals surface area (Å²) in [6, 6.07) is 0. The van der Waals surface area contributed by atoms with Crippen LogP contribution in [0.15, 0.2) is 0 Å². The van der Waals surface area contributed by atoms with Crippen molar-refractivity contribution in [2.24, 2.45) is 0 Å². The average molecular weight is 216 g/mol. The molecule has 0 bridgehead atoms. The minimum Gasteiger partial charge on any atom is -0.476 e. The van der Waals surface area contributed by atoms with Gasteiger partial charge >= 0.3 is 5.97 Å². The molecule has 0 saturated carbocycles. The summed E-state index contributed by atoms with van der Waals surface area (Å²) in [7, 11) is 0. The Hall–Kier alpha value is -1.23. The third-order valence-electron chi connectivity index (χ3n) is 2.31. The van der Waals surface area contributed by atoms with Crippen molar-refractivity contribution >= 4 is 23.4 Å². The van der Waals surface area contributed by atoms with Gasteiger partial charge in [-0.3, -0.25) is 5.10 Å². The van der Waals surface area contributed by atoms with Crippen LogP contribution in [-0.4, -0.2) is 34.4 Å². The first kappa shape index (κ1) is 9.33. The molecule has 1 fully saturated rings. The van der Waals surface area contributed by atoms with Crippen molar-refractivity contribution < 1.29 is 9.90 Å². The molecule has 1 saturated heterocycles. The van der Waals surface area contributed by atoms with Crippen LogP contribution in [0, 0.1) is 0 Å². The normalized spacial score (nSPS) is 16.2. The second-order valence-electron chi connectivity index (χ2n) is 3.24. The number of aromatic carboxylic acids is 1. The summed E-state index contributed by atoms with van der Waals surface area (Å²) in [5, 5.41) is 15.3. The predicted octanol–water partition coefficient (Wildman–Crippen LogP) is 1.36. The largest absolute Gasteiger partial charge is 0.476 e. The van der Waals surface area contributed by atoms with Crippen LogP contribution in [0.3, 0.4) is 0 Å². The van der Waals surface area contributed by atoms with Gasteiger partial charge in [-0.05, 0) is 12.8 Å². The van der Waals surface area contributed by atoms with E-state index in [2.05, 4.69) is 10.2 Å². The van der Waals surface area contributed by atoms with Crippen LogP contribution < -0.4 is 4.90 Å². The number of carboxylic acids is 1. The van der Waals surface area contributed by atoms with Gasteiger partial charge in [0.05, 0.1) is 0 Å². The quantitative estimate of drug-likeness (QED) is 0.782. The Kier molecular flexibility index (Phi) is 2.33. The summed E-state index contributed by atoms with van der Waals surface area (Å²) in [5.41, 5.74) is -0.0337. The molecule has 2 rings (SSSR count). The molecule has 14 heavy (non-hydrogen) atoms. The lowest BCUT2D eigenvalue weighted by Crippen LogP contribution is -2.18. The lowest BCUT2D eigenvalue weighted by molar-refractivity contribution is 0.0690. The molecule has 2 heterocycles. The van der Waals surface area contributed by atoms with E-state index in [1.165, 1.54) is 0 Å². The van der Waals surface area contributed by atoms with Gasteiger partial charge in [-0.1, -0.05) is 11.6 Å². The topological polar surface area (TPSA) is 69.2 Å². The van der Waals surface area contributed by atoms with Crippen molar-refractivity contribution in [3.05, 3.63) is 10.7 Å². The van der Waals surface area contributed by atoms with E-state index in [4.69, 9.17) is 16.7 Å². The molecule has 1 aromatic heterocycles. The van der Waals surface area contributed by atoms with Crippen LogP contribution in [0.5, 0.6) is 0 Å². The zero-order valence-corrected chi connectivity index (χ0v) is 8.21. The van der Waals surface area contributed by atoms with Crippen LogP contribution in [0.1, 0.15) is 23.3 Å². The molecule has 0 atom stereocenters. The first-order valence-corrected chi connectivity index (χ1v) is 4.80. The number of carbonyl (C=O) groups is 1. The summed E-state index contributed by atoms with van der Waals surface area (Å²) in [6.45, 7) is 1.78. The molecule has 76 valence electrons. The van der Waals surface area contributed by atoms with Gasteiger partial charge < -0.3 is 10.0 Å². The van der Waals surface area contributed by atoms with Crippen molar-refractivity contribution in [1.29, 1.82) is 0 Å². The Bertz CT molecular complexity index is 357. The van der Waals surface area contributed by atoms with Crippen molar-refractivity contribution in [2.45, 2.75) is 12.8 Å². The highest BCUT2D eigenvalue weighted by Crippen LogP contribution is 2.28. The fraction of sp³-hybridized carbons (Fsp3) is 0.500. The summed E-state index contributed by atoms with van der Waals surface area (Å²) in [6.07, 6.45) is 2.21. The second-order valence-corrected chi connectivity index (χ2v) is 3.61. The molecule has 1 aromatic rings. The maximum absolute atomic E-state index is 10.7. The number of aromatic amines is 1. The van der Waals surface area contributed by atoms with Crippen LogP contribution in [0.4, 0.5) is 5.82 Å². The monoisotopic (exact) mass is 215 g/mol. The number of H-pyrrole nitrogens is 1. The highest BCUT2D eigenvalue weighted by molar-refractivity contribution is 6.35. The minimum atomic E-state index is -1.08. The van der Waals surface area contributed by atoms with E-state index in [9.17, 15) is 4.79 Å². The molecule has 6 heteroatoms. The fourth-order valence-corrected chi connectivity index (χ4v) is 1.88. The molecule has 0 aliphatic carbocycles. The van der Waals surface area contributed by atoms with Gasteiger partial charge in [-0.15, -0.1) is 0 Å². The number of anilines is 1. The number of aromatic nitrogens is 2. The minimum absolute atomic E-state index is 0.0337. The van der Waals surface area contributed by atoms with E-state index >= 15 is 0 Å². The molecule has 1 aliphatic heterocycles. The average Bonchev–Trinajstić information content (AvgIpc) is 2.71. The zero-order valence-electron chi connectivity index (χ0n) is 7.46. The van der Waals surface area contributed by atoms with Crippen molar-refractivity contribution in [3.63, 3.8) is 0 Å². The Balaban J connectivity index is 2.30. The second kappa shape index (κ2) is 3.49. The van der Waals surface area contributed by atoms with E-state index < -0.39 is 5.97 Å². The third kappa shape index (κ3) is 1.43. The van der Waals surface area contributed by atoms with Crippen molar-refractivity contribution in [3.8, 4) is 0 Å². The van der Waals surface area contributed by atoms with Gasteiger partial charge in [-0.2, -0.15) is 5.10 Å².